The molecule has 0 aromatic heterocycles. The second-order valence-corrected chi connectivity index (χ2v) is 11.3. The highest BCUT2D eigenvalue weighted by atomic mass is 35.5. The molecule has 1 N–H and O–H groups in total. The molecular weight excluding hydrogens is 549 g/mol. The molecular formula is C27H29Cl2N3O5S. The average molecular weight is 579 g/mol. The zero-order valence-electron chi connectivity index (χ0n) is 21.4. The van der Waals surface area contributed by atoms with Crippen LogP contribution in [0.5, 0.6) is 5.75 Å². The molecule has 0 saturated carbocycles. The van der Waals surface area contributed by atoms with Gasteiger partial charge in [-0.2, -0.15) is 0 Å². The van der Waals surface area contributed by atoms with Gasteiger partial charge >= 0.3 is 0 Å². The summed E-state index contributed by atoms with van der Waals surface area (Å²) in [6.45, 7) is 2.92. The summed E-state index contributed by atoms with van der Waals surface area (Å²) in [7, 11) is -1.22. The van der Waals surface area contributed by atoms with Crippen LogP contribution in [0.2, 0.25) is 10.0 Å². The van der Waals surface area contributed by atoms with Crippen molar-refractivity contribution in [1.82, 2.24) is 10.2 Å². The number of anilines is 1. The summed E-state index contributed by atoms with van der Waals surface area (Å²) < 4.78 is 33.7. The van der Waals surface area contributed by atoms with E-state index in [0.717, 1.165) is 9.87 Å². The maximum Gasteiger partial charge on any atom is 0.264 e. The van der Waals surface area contributed by atoms with E-state index < -0.39 is 34.4 Å². The van der Waals surface area contributed by atoms with E-state index in [1.807, 2.05) is 6.92 Å². The lowest BCUT2D eigenvalue weighted by Crippen LogP contribution is -2.50. The van der Waals surface area contributed by atoms with Gasteiger partial charge in [0, 0.05) is 13.6 Å². The third-order valence-electron chi connectivity index (χ3n) is 6.00. The minimum absolute atomic E-state index is 0.00856. The molecule has 0 radical (unpaired) electrons. The molecule has 11 heteroatoms. The monoisotopic (exact) mass is 577 g/mol. The van der Waals surface area contributed by atoms with Gasteiger partial charge in [-0.1, -0.05) is 47.0 Å². The fourth-order valence-electron chi connectivity index (χ4n) is 3.74. The molecule has 0 bridgehead atoms. The van der Waals surface area contributed by atoms with Gasteiger partial charge in [-0.3, -0.25) is 13.9 Å². The molecule has 3 rings (SSSR count). The van der Waals surface area contributed by atoms with Crippen molar-refractivity contribution in [2.75, 3.05) is 25.0 Å². The molecule has 0 saturated heterocycles. The summed E-state index contributed by atoms with van der Waals surface area (Å²) >= 11 is 12.2. The second kappa shape index (κ2) is 12.5. The number of methoxy groups -OCH3 is 1. The number of rotatable bonds is 10. The average Bonchev–Trinajstić information content (AvgIpc) is 2.91. The first-order valence-corrected chi connectivity index (χ1v) is 13.9. The van der Waals surface area contributed by atoms with Crippen LogP contribution in [0.1, 0.15) is 18.1 Å². The Morgan fingerprint density at radius 1 is 0.974 bits per heavy atom. The van der Waals surface area contributed by atoms with Crippen molar-refractivity contribution in [2.45, 2.75) is 31.3 Å². The zero-order valence-corrected chi connectivity index (χ0v) is 23.8. The minimum atomic E-state index is -4.17. The van der Waals surface area contributed by atoms with Crippen LogP contribution in [0.3, 0.4) is 0 Å². The molecule has 0 spiro atoms. The lowest BCUT2D eigenvalue weighted by Gasteiger charge is -2.32. The van der Waals surface area contributed by atoms with E-state index in [9.17, 15) is 18.0 Å². The number of nitrogens with one attached hydrogen (secondary N) is 1. The molecule has 0 unspecified atom stereocenters. The van der Waals surface area contributed by atoms with E-state index in [1.54, 1.807) is 49.4 Å². The first kappa shape index (κ1) is 29.3. The number of carbonyl (C=O) groups excluding carboxylic acids is 2. The summed E-state index contributed by atoms with van der Waals surface area (Å²) in [6, 6.07) is 16.7. The van der Waals surface area contributed by atoms with Crippen molar-refractivity contribution in [3.05, 3.63) is 87.9 Å². The Morgan fingerprint density at radius 3 is 2.16 bits per heavy atom. The molecule has 202 valence electrons. The second-order valence-electron chi connectivity index (χ2n) is 8.58. The van der Waals surface area contributed by atoms with E-state index in [2.05, 4.69) is 5.32 Å². The van der Waals surface area contributed by atoms with Gasteiger partial charge in [0.25, 0.3) is 10.0 Å². The van der Waals surface area contributed by atoms with E-state index >= 15 is 0 Å². The van der Waals surface area contributed by atoms with Crippen LogP contribution in [0.15, 0.2) is 71.6 Å². The first-order valence-electron chi connectivity index (χ1n) is 11.7. The molecule has 3 aromatic rings. The highest BCUT2D eigenvalue weighted by molar-refractivity contribution is 7.92. The van der Waals surface area contributed by atoms with Crippen molar-refractivity contribution >= 4 is 50.7 Å². The Bertz CT molecular complexity index is 1400. The van der Waals surface area contributed by atoms with Gasteiger partial charge in [0.15, 0.2) is 0 Å². The van der Waals surface area contributed by atoms with Gasteiger partial charge in [0.2, 0.25) is 11.8 Å². The Morgan fingerprint density at radius 2 is 1.61 bits per heavy atom. The fraction of sp³-hybridized carbons (Fsp3) is 0.259. The highest BCUT2D eigenvalue weighted by Crippen LogP contribution is 2.27. The molecule has 0 aliphatic heterocycles. The van der Waals surface area contributed by atoms with E-state index in [4.69, 9.17) is 27.9 Å². The fourth-order valence-corrected chi connectivity index (χ4v) is 5.48. The van der Waals surface area contributed by atoms with Gasteiger partial charge in [0.05, 0.1) is 27.7 Å². The van der Waals surface area contributed by atoms with Crippen LogP contribution < -0.4 is 14.4 Å². The third-order valence-corrected chi connectivity index (χ3v) is 8.53. The van der Waals surface area contributed by atoms with Crippen molar-refractivity contribution in [3.63, 3.8) is 0 Å². The minimum Gasteiger partial charge on any atom is -0.497 e. The predicted molar refractivity (Wildman–Crippen MR) is 149 cm³/mol. The molecule has 0 heterocycles. The number of amides is 2. The van der Waals surface area contributed by atoms with Crippen LogP contribution in [0.25, 0.3) is 0 Å². The summed E-state index contributed by atoms with van der Waals surface area (Å²) in [5, 5.41) is 3.19. The number of benzene rings is 3. The number of likely N-dealkylation sites (N-methyl/N-ethyl adjacent to an activating group) is 1. The van der Waals surface area contributed by atoms with Crippen molar-refractivity contribution in [3.8, 4) is 5.75 Å². The largest absolute Gasteiger partial charge is 0.497 e. The molecule has 38 heavy (non-hydrogen) atoms. The van der Waals surface area contributed by atoms with Gasteiger partial charge in [-0.25, -0.2) is 8.42 Å². The first-order chi connectivity index (χ1) is 18.0. The highest BCUT2D eigenvalue weighted by Gasteiger charge is 2.32. The maximum atomic E-state index is 13.8. The Labute approximate surface area is 233 Å². The lowest BCUT2D eigenvalue weighted by atomic mass is 10.1. The van der Waals surface area contributed by atoms with Crippen molar-refractivity contribution in [1.29, 1.82) is 0 Å². The van der Waals surface area contributed by atoms with Crippen LogP contribution in [0.4, 0.5) is 5.69 Å². The Balaban J connectivity index is 2.03. The van der Waals surface area contributed by atoms with E-state index in [1.165, 1.54) is 43.3 Å². The van der Waals surface area contributed by atoms with E-state index in [-0.39, 0.29) is 11.4 Å². The Kier molecular flexibility index (Phi) is 9.65. The summed E-state index contributed by atoms with van der Waals surface area (Å²) in [6.07, 6.45) is 0. The molecule has 8 nitrogen and oxygen atoms in total. The van der Waals surface area contributed by atoms with Crippen LogP contribution in [-0.4, -0.2) is 51.9 Å². The number of ether oxygens (including phenoxy) is 1. The topological polar surface area (TPSA) is 96.0 Å². The van der Waals surface area contributed by atoms with Gasteiger partial charge in [-0.15, -0.1) is 0 Å². The van der Waals surface area contributed by atoms with Crippen LogP contribution in [-0.2, 0) is 26.2 Å². The maximum absolute atomic E-state index is 13.8. The third kappa shape index (κ3) is 6.78. The summed E-state index contributed by atoms with van der Waals surface area (Å²) in [5.74, 6) is -0.489. The number of sulfonamides is 1. The van der Waals surface area contributed by atoms with E-state index in [0.29, 0.717) is 27.0 Å². The number of hydrogen-bond donors (Lipinski definition) is 1. The number of aryl methyl sites for hydroxylation is 1. The summed E-state index contributed by atoms with van der Waals surface area (Å²) in [5.41, 5.74) is 1.86. The predicted octanol–water partition coefficient (Wildman–Crippen LogP) is 4.67. The van der Waals surface area contributed by atoms with Crippen molar-refractivity contribution in [2.24, 2.45) is 0 Å². The SMILES string of the molecule is CNC(=O)[C@@H](C)N(Cc1ccc(Cl)c(Cl)c1)C(=O)CN(c1ccc(C)cc1)S(=O)(=O)c1ccc(OC)cc1. The number of carbonyl (C=O) groups is 2. The number of halogens is 2. The standard InChI is InChI=1S/C27H29Cl2N3O5S/c1-18-5-8-21(9-6-18)32(38(35,36)23-12-10-22(37-4)11-13-23)17-26(33)31(19(2)27(34)30-3)16-20-7-14-24(28)25(29)15-20/h5-15,19H,16-17H2,1-4H3,(H,30,34)/t19-/m1/s1. The summed E-state index contributed by atoms with van der Waals surface area (Å²) in [4.78, 5) is 27.6. The van der Waals surface area contributed by atoms with Crippen LogP contribution >= 0.6 is 23.2 Å². The normalized spacial score (nSPS) is 11.9. The Hall–Kier alpha value is -3.27. The molecule has 3 aromatic carbocycles. The number of nitrogens with zero attached hydrogens (tertiary/aromatic N) is 2. The van der Waals surface area contributed by atoms with Crippen LogP contribution in [0, 0.1) is 6.92 Å². The van der Waals surface area contributed by atoms with Gasteiger partial charge in [-0.05, 0) is 67.9 Å². The molecule has 0 aliphatic carbocycles. The number of hydrogen-bond acceptors (Lipinski definition) is 5. The smallest absolute Gasteiger partial charge is 0.264 e. The molecule has 0 fully saturated rings. The van der Waals surface area contributed by atoms with Gasteiger partial charge in [0.1, 0.15) is 18.3 Å². The zero-order chi connectivity index (χ0) is 28.0. The van der Waals surface area contributed by atoms with Gasteiger partial charge < -0.3 is 15.0 Å². The molecule has 1 atom stereocenters. The quantitative estimate of drug-likeness (QED) is 0.378. The molecule has 0 aliphatic rings. The lowest BCUT2D eigenvalue weighted by molar-refractivity contribution is -0.139. The molecule has 2 amide bonds. The van der Waals surface area contributed by atoms with Crippen molar-refractivity contribution < 1.29 is 22.7 Å².